The van der Waals surface area contributed by atoms with Gasteiger partial charge in [-0.2, -0.15) is 0 Å². The predicted molar refractivity (Wildman–Crippen MR) is 115 cm³/mol. The molecule has 0 aromatic heterocycles. The molecule has 1 saturated carbocycles. The highest BCUT2D eigenvalue weighted by Crippen LogP contribution is 2.55. The number of allylic oxidation sites excluding steroid dienone is 1. The maximum Gasteiger partial charge on any atom is 0.318 e. The molecule has 0 aromatic rings. The molecule has 5 rings (SSSR count). The Morgan fingerprint density at radius 1 is 1.03 bits per heavy atom. The third-order valence-corrected chi connectivity index (χ3v) is 7.94. The van der Waals surface area contributed by atoms with Crippen LogP contribution in [0.2, 0.25) is 0 Å². The highest BCUT2D eigenvalue weighted by Gasteiger charge is 2.58. The first-order chi connectivity index (χ1) is 15.4. The van der Waals surface area contributed by atoms with Gasteiger partial charge in [0.15, 0.2) is 0 Å². The highest BCUT2D eigenvalue weighted by molar-refractivity contribution is 5.93. The molecular formula is C24H33N3O5. The van der Waals surface area contributed by atoms with Crippen LogP contribution in [0.1, 0.15) is 58.3 Å². The van der Waals surface area contributed by atoms with E-state index < -0.39 is 11.3 Å². The lowest BCUT2D eigenvalue weighted by molar-refractivity contribution is -0.161. The molecule has 3 fully saturated rings. The molecule has 0 N–H and O–H groups in total. The molecule has 0 spiro atoms. The van der Waals surface area contributed by atoms with E-state index in [2.05, 4.69) is 0 Å². The second-order valence-electron chi connectivity index (χ2n) is 9.93. The monoisotopic (exact) mass is 443 g/mol. The van der Waals surface area contributed by atoms with Gasteiger partial charge in [-0.15, -0.1) is 0 Å². The van der Waals surface area contributed by atoms with Crippen LogP contribution >= 0.6 is 0 Å². The number of hydrogen-bond donors (Lipinski definition) is 0. The fourth-order valence-electron chi connectivity index (χ4n) is 6.16. The minimum absolute atomic E-state index is 0.0186. The molecule has 3 heterocycles. The van der Waals surface area contributed by atoms with Crippen molar-refractivity contribution in [3.63, 3.8) is 0 Å². The quantitative estimate of drug-likeness (QED) is 0.604. The van der Waals surface area contributed by atoms with E-state index in [0.717, 1.165) is 37.8 Å². The van der Waals surface area contributed by atoms with Gasteiger partial charge in [-0.1, -0.05) is 0 Å². The minimum Gasteiger partial charge on any atom is -0.465 e. The first-order valence-electron chi connectivity index (χ1n) is 12.2. The van der Waals surface area contributed by atoms with Crippen LogP contribution in [0.5, 0.6) is 0 Å². The highest BCUT2D eigenvalue weighted by atomic mass is 16.5. The molecule has 0 aromatic carbocycles. The molecule has 8 heteroatoms. The van der Waals surface area contributed by atoms with E-state index in [9.17, 15) is 19.2 Å². The van der Waals surface area contributed by atoms with Crippen molar-refractivity contribution in [1.82, 2.24) is 14.7 Å². The van der Waals surface area contributed by atoms with Gasteiger partial charge in [0.25, 0.3) is 0 Å². The van der Waals surface area contributed by atoms with E-state index in [4.69, 9.17) is 4.74 Å². The van der Waals surface area contributed by atoms with Crippen molar-refractivity contribution in [3.8, 4) is 0 Å². The van der Waals surface area contributed by atoms with Crippen LogP contribution in [-0.4, -0.2) is 77.7 Å². The molecule has 5 aliphatic rings. The predicted octanol–water partition coefficient (Wildman–Crippen LogP) is 1.70. The number of piperazine rings is 1. The molecule has 2 atom stereocenters. The van der Waals surface area contributed by atoms with Gasteiger partial charge in [0.05, 0.1) is 6.61 Å². The van der Waals surface area contributed by atoms with Crippen molar-refractivity contribution >= 4 is 23.7 Å². The number of piperidine rings is 1. The Morgan fingerprint density at radius 2 is 1.75 bits per heavy atom. The third-order valence-electron chi connectivity index (χ3n) is 7.94. The van der Waals surface area contributed by atoms with Gasteiger partial charge in [-0.25, -0.2) is 0 Å². The van der Waals surface area contributed by atoms with Gasteiger partial charge in [0.1, 0.15) is 5.41 Å². The summed E-state index contributed by atoms with van der Waals surface area (Å²) in [7, 11) is 0. The number of hydrogen-bond acceptors (Lipinski definition) is 5. The van der Waals surface area contributed by atoms with Gasteiger partial charge < -0.3 is 19.4 Å². The Hall–Kier alpha value is -2.38. The molecule has 32 heavy (non-hydrogen) atoms. The van der Waals surface area contributed by atoms with Gasteiger partial charge in [-0.3, -0.25) is 19.2 Å². The molecular weight excluding hydrogens is 410 g/mol. The number of esters is 1. The summed E-state index contributed by atoms with van der Waals surface area (Å²) in [5.74, 6) is -0.400. The van der Waals surface area contributed by atoms with Crippen LogP contribution in [0.3, 0.4) is 0 Å². The van der Waals surface area contributed by atoms with E-state index in [1.807, 2.05) is 4.90 Å². The summed E-state index contributed by atoms with van der Waals surface area (Å²) in [5.41, 5.74) is 1.34. The summed E-state index contributed by atoms with van der Waals surface area (Å²) in [6, 6.07) is 0. The van der Waals surface area contributed by atoms with Crippen LogP contribution < -0.4 is 0 Å². The first kappa shape index (κ1) is 21.5. The Balaban J connectivity index is 1.29. The molecule has 0 radical (unpaired) electrons. The van der Waals surface area contributed by atoms with Gasteiger partial charge in [0, 0.05) is 56.7 Å². The van der Waals surface area contributed by atoms with E-state index in [-0.39, 0.29) is 36.0 Å². The lowest BCUT2D eigenvalue weighted by atomic mass is 9.71. The van der Waals surface area contributed by atoms with E-state index in [0.29, 0.717) is 52.2 Å². The largest absolute Gasteiger partial charge is 0.465 e. The lowest BCUT2D eigenvalue weighted by Crippen LogP contribution is -2.55. The molecule has 3 amide bonds. The molecule has 3 aliphatic heterocycles. The minimum atomic E-state index is -0.778. The van der Waals surface area contributed by atoms with Crippen LogP contribution in [0.15, 0.2) is 11.3 Å². The summed E-state index contributed by atoms with van der Waals surface area (Å²) >= 11 is 0. The van der Waals surface area contributed by atoms with Crippen molar-refractivity contribution < 1.29 is 23.9 Å². The molecule has 0 bridgehead atoms. The van der Waals surface area contributed by atoms with Gasteiger partial charge >= 0.3 is 5.97 Å². The zero-order valence-corrected chi connectivity index (χ0v) is 18.9. The fraction of sp³-hybridized carbons (Fsp3) is 0.750. The number of ether oxygens (including phenoxy) is 1. The Kier molecular flexibility index (Phi) is 5.50. The molecule has 174 valence electrons. The second kappa shape index (κ2) is 8.19. The van der Waals surface area contributed by atoms with E-state index in [1.54, 1.807) is 16.7 Å². The molecule has 2 aliphatic carbocycles. The third kappa shape index (κ3) is 3.52. The fourth-order valence-corrected chi connectivity index (χ4v) is 6.16. The average Bonchev–Trinajstić information content (AvgIpc) is 3.59. The molecule has 2 saturated heterocycles. The zero-order chi connectivity index (χ0) is 22.5. The first-order valence-corrected chi connectivity index (χ1v) is 12.2. The summed E-state index contributed by atoms with van der Waals surface area (Å²) in [5, 5.41) is 0. The maximum atomic E-state index is 13.4. The van der Waals surface area contributed by atoms with Crippen LogP contribution in [0.4, 0.5) is 0 Å². The zero-order valence-electron chi connectivity index (χ0n) is 18.9. The summed E-state index contributed by atoms with van der Waals surface area (Å²) in [6.45, 7) is 4.89. The van der Waals surface area contributed by atoms with Crippen molar-refractivity contribution in [3.05, 3.63) is 11.3 Å². The van der Waals surface area contributed by atoms with Crippen molar-refractivity contribution in [1.29, 1.82) is 0 Å². The number of amides is 3. The topological polar surface area (TPSA) is 87.2 Å². The van der Waals surface area contributed by atoms with Crippen molar-refractivity contribution in [2.45, 2.75) is 58.3 Å². The van der Waals surface area contributed by atoms with E-state index in [1.165, 1.54) is 5.57 Å². The lowest BCUT2D eigenvalue weighted by Gasteiger charge is -2.46. The van der Waals surface area contributed by atoms with Gasteiger partial charge in [0.2, 0.25) is 17.7 Å². The molecule has 8 nitrogen and oxygen atoms in total. The SMILES string of the molecule is CCOC(=O)[C@@]12CCC3=C1N(CCC3)C(=O)[C@H](CC(=O)N1CCN(C(=O)C3CC3)CC1)C2. The second-order valence-corrected chi connectivity index (χ2v) is 9.93. The average molecular weight is 444 g/mol. The molecule has 0 unspecified atom stereocenters. The standard InChI is InChI=1S/C24H33N3O5/c1-2-32-23(31)24-8-7-16-4-3-9-27(20(16)24)22(30)18(15-24)14-19(28)25-10-12-26(13-11-25)21(29)17-5-6-17/h17-18H,2-15H2,1H3/t18-,24-/m1/s1. The summed E-state index contributed by atoms with van der Waals surface area (Å²) in [6.07, 6.45) is 5.80. The Morgan fingerprint density at radius 3 is 2.44 bits per heavy atom. The van der Waals surface area contributed by atoms with Crippen LogP contribution in [-0.2, 0) is 23.9 Å². The number of carbonyl (C=O) groups is 4. The van der Waals surface area contributed by atoms with Crippen molar-refractivity contribution in [2.75, 3.05) is 39.3 Å². The number of rotatable bonds is 5. The Bertz CT molecular complexity index is 871. The number of carbonyl (C=O) groups excluding carboxylic acids is 4. The van der Waals surface area contributed by atoms with Gasteiger partial charge in [-0.05, 0) is 57.4 Å². The summed E-state index contributed by atoms with van der Waals surface area (Å²) in [4.78, 5) is 57.3. The summed E-state index contributed by atoms with van der Waals surface area (Å²) < 4.78 is 5.47. The van der Waals surface area contributed by atoms with E-state index >= 15 is 0 Å². The maximum absolute atomic E-state index is 13.4. The van der Waals surface area contributed by atoms with Crippen LogP contribution in [0.25, 0.3) is 0 Å². The number of nitrogens with zero attached hydrogens (tertiary/aromatic N) is 3. The smallest absolute Gasteiger partial charge is 0.318 e. The van der Waals surface area contributed by atoms with Crippen LogP contribution in [0, 0.1) is 17.3 Å². The van der Waals surface area contributed by atoms with Crippen molar-refractivity contribution in [2.24, 2.45) is 17.3 Å². The normalized spacial score (nSPS) is 29.8. The Labute approximate surface area is 188 Å².